The van der Waals surface area contributed by atoms with E-state index >= 15 is 0 Å². The van der Waals surface area contributed by atoms with E-state index in [0.717, 1.165) is 6.07 Å². The first-order chi connectivity index (χ1) is 8.45. The molecule has 1 aromatic heterocycles. The van der Waals surface area contributed by atoms with Gasteiger partial charge >= 0.3 is 6.18 Å². The van der Waals surface area contributed by atoms with Gasteiger partial charge in [0.25, 0.3) is 0 Å². The Morgan fingerprint density at radius 1 is 1.28 bits per heavy atom. The summed E-state index contributed by atoms with van der Waals surface area (Å²) in [5, 5.41) is 3.66. The molecule has 2 rings (SSSR count). The summed E-state index contributed by atoms with van der Waals surface area (Å²) in [6.45, 7) is 1.72. The van der Waals surface area contributed by atoms with Gasteiger partial charge < -0.3 is 10.3 Å². The zero-order valence-electron chi connectivity index (χ0n) is 9.58. The van der Waals surface area contributed by atoms with E-state index in [1.165, 1.54) is 18.2 Å². The molecule has 96 valence electrons. The summed E-state index contributed by atoms with van der Waals surface area (Å²) in [4.78, 5) is 0. The summed E-state index contributed by atoms with van der Waals surface area (Å²) >= 11 is 0. The van der Waals surface area contributed by atoms with Crippen molar-refractivity contribution in [3.63, 3.8) is 0 Å². The number of hydrogen-bond donors (Lipinski definition) is 1. The number of alkyl halides is 3. The Morgan fingerprint density at radius 3 is 2.56 bits per heavy atom. The van der Waals surface area contributed by atoms with Crippen molar-refractivity contribution >= 4 is 0 Å². The van der Waals surface area contributed by atoms with E-state index in [-0.39, 0.29) is 17.9 Å². The van der Waals surface area contributed by atoms with E-state index in [0.29, 0.717) is 11.3 Å². The van der Waals surface area contributed by atoms with E-state index in [1.54, 1.807) is 6.92 Å². The predicted molar refractivity (Wildman–Crippen MR) is 59.6 cm³/mol. The molecule has 18 heavy (non-hydrogen) atoms. The van der Waals surface area contributed by atoms with Crippen molar-refractivity contribution in [1.29, 1.82) is 0 Å². The lowest BCUT2D eigenvalue weighted by atomic mass is 10.0. The van der Waals surface area contributed by atoms with E-state index in [1.807, 2.05) is 0 Å². The molecule has 0 unspecified atom stereocenters. The number of aryl methyl sites for hydroxylation is 1. The fourth-order valence-electron chi connectivity index (χ4n) is 1.77. The van der Waals surface area contributed by atoms with Crippen LogP contribution in [0.1, 0.15) is 16.8 Å². The molecule has 0 radical (unpaired) electrons. The Kier molecular flexibility index (Phi) is 3.13. The van der Waals surface area contributed by atoms with Crippen molar-refractivity contribution in [2.75, 3.05) is 0 Å². The second-order valence-electron chi connectivity index (χ2n) is 3.82. The minimum atomic E-state index is -4.44. The zero-order valence-corrected chi connectivity index (χ0v) is 9.58. The van der Waals surface area contributed by atoms with Gasteiger partial charge in [0, 0.05) is 17.7 Å². The molecular formula is C12H11F3N2O. The van der Waals surface area contributed by atoms with Crippen LogP contribution in [0.15, 0.2) is 28.8 Å². The Balaban J connectivity index is 2.64. The van der Waals surface area contributed by atoms with Gasteiger partial charge in [0.2, 0.25) is 0 Å². The molecule has 0 fully saturated rings. The largest absolute Gasteiger partial charge is 0.417 e. The lowest BCUT2D eigenvalue weighted by Gasteiger charge is -2.11. The van der Waals surface area contributed by atoms with Crippen LogP contribution in [0.5, 0.6) is 0 Å². The number of rotatable bonds is 2. The molecule has 1 aromatic carbocycles. The highest BCUT2D eigenvalue weighted by Crippen LogP contribution is 2.38. The number of hydrogen-bond acceptors (Lipinski definition) is 3. The number of aromatic nitrogens is 1. The maximum Gasteiger partial charge on any atom is 0.417 e. The number of nitrogens with two attached hydrogens (primary N) is 1. The second kappa shape index (κ2) is 4.45. The van der Waals surface area contributed by atoms with E-state index in [9.17, 15) is 13.2 Å². The second-order valence-corrected chi connectivity index (χ2v) is 3.82. The summed E-state index contributed by atoms with van der Waals surface area (Å²) in [5.41, 5.74) is 5.72. The number of nitrogens with zero attached hydrogens (tertiary/aromatic N) is 1. The van der Waals surface area contributed by atoms with E-state index in [2.05, 4.69) is 5.16 Å². The standard InChI is InChI=1S/C12H11F3N2O/c1-7-9(6-16)11(18-17-7)8-4-2-3-5-10(8)12(13,14)15/h2-5H,6,16H2,1H3. The van der Waals surface area contributed by atoms with Gasteiger partial charge in [0.1, 0.15) is 0 Å². The van der Waals surface area contributed by atoms with Crippen molar-refractivity contribution in [1.82, 2.24) is 5.16 Å². The fraction of sp³-hybridized carbons (Fsp3) is 0.250. The van der Waals surface area contributed by atoms with Crippen molar-refractivity contribution in [2.45, 2.75) is 19.6 Å². The first-order valence-electron chi connectivity index (χ1n) is 5.27. The Labute approximate surface area is 101 Å². The molecule has 0 aliphatic carbocycles. The van der Waals surface area contributed by atoms with Crippen LogP contribution in [0, 0.1) is 6.92 Å². The number of halogens is 3. The molecule has 0 aliphatic heterocycles. The molecule has 2 aromatic rings. The van der Waals surface area contributed by atoms with Gasteiger partial charge in [-0.05, 0) is 13.0 Å². The fourth-order valence-corrected chi connectivity index (χ4v) is 1.77. The minimum Gasteiger partial charge on any atom is -0.356 e. The zero-order chi connectivity index (χ0) is 13.3. The Bertz CT molecular complexity index is 561. The van der Waals surface area contributed by atoms with Crippen molar-refractivity contribution in [3.05, 3.63) is 41.1 Å². The van der Waals surface area contributed by atoms with Gasteiger partial charge in [-0.25, -0.2) is 0 Å². The molecule has 0 spiro atoms. The molecule has 3 nitrogen and oxygen atoms in total. The van der Waals surface area contributed by atoms with Crippen LogP contribution in [-0.4, -0.2) is 5.16 Å². The summed E-state index contributed by atoms with van der Waals surface area (Å²) in [5.74, 6) is 0.0860. The summed E-state index contributed by atoms with van der Waals surface area (Å²) in [6.07, 6.45) is -4.44. The molecule has 0 aliphatic rings. The maximum absolute atomic E-state index is 12.9. The smallest absolute Gasteiger partial charge is 0.356 e. The summed E-state index contributed by atoms with van der Waals surface area (Å²) < 4.78 is 43.6. The monoisotopic (exact) mass is 256 g/mol. The normalized spacial score (nSPS) is 11.8. The van der Waals surface area contributed by atoms with Gasteiger partial charge in [-0.15, -0.1) is 0 Å². The van der Waals surface area contributed by atoms with E-state index < -0.39 is 11.7 Å². The molecule has 6 heteroatoms. The predicted octanol–water partition coefficient (Wildman–Crippen LogP) is 3.13. The van der Waals surface area contributed by atoms with Crippen LogP contribution in [0.25, 0.3) is 11.3 Å². The van der Waals surface area contributed by atoms with Crippen LogP contribution in [-0.2, 0) is 12.7 Å². The molecule has 0 amide bonds. The van der Waals surface area contributed by atoms with Crippen LogP contribution < -0.4 is 5.73 Å². The van der Waals surface area contributed by atoms with Crippen LogP contribution in [0.2, 0.25) is 0 Å². The Morgan fingerprint density at radius 2 is 1.94 bits per heavy atom. The van der Waals surface area contributed by atoms with Gasteiger partial charge in [-0.1, -0.05) is 23.4 Å². The van der Waals surface area contributed by atoms with Crippen molar-refractivity contribution < 1.29 is 17.7 Å². The van der Waals surface area contributed by atoms with Gasteiger partial charge in [0.15, 0.2) is 5.76 Å². The molecule has 0 bridgehead atoms. The first-order valence-corrected chi connectivity index (χ1v) is 5.27. The molecular weight excluding hydrogens is 245 g/mol. The average Bonchev–Trinajstić information content (AvgIpc) is 2.69. The third-order valence-electron chi connectivity index (χ3n) is 2.67. The van der Waals surface area contributed by atoms with Gasteiger partial charge in [-0.2, -0.15) is 13.2 Å². The molecule has 2 N–H and O–H groups in total. The highest BCUT2D eigenvalue weighted by molar-refractivity contribution is 5.66. The third-order valence-corrected chi connectivity index (χ3v) is 2.67. The molecule has 1 heterocycles. The highest BCUT2D eigenvalue weighted by Gasteiger charge is 2.35. The van der Waals surface area contributed by atoms with E-state index in [4.69, 9.17) is 10.3 Å². The first kappa shape index (κ1) is 12.6. The topological polar surface area (TPSA) is 52.0 Å². The summed E-state index contributed by atoms with van der Waals surface area (Å²) in [7, 11) is 0. The number of benzene rings is 1. The maximum atomic E-state index is 12.9. The van der Waals surface area contributed by atoms with Crippen molar-refractivity contribution in [3.8, 4) is 11.3 Å². The summed E-state index contributed by atoms with van der Waals surface area (Å²) in [6, 6.07) is 5.20. The van der Waals surface area contributed by atoms with Crippen LogP contribution >= 0.6 is 0 Å². The lowest BCUT2D eigenvalue weighted by molar-refractivity contribution is -0.137. The molecule has 0 atom stereocenters. The SMILES string of the molecule is Cc1noc(-c2ccccc2C(F)(F)F)c1CN. The van der Waals surface area contributed by atoms with Crippen LogP contribution in [0.4, 0.5) is 13.2 Å². The van der Waals surface area contributed by atoms with Gasteiger partial charge in [0.05, 0.1) is 11.3 Å². The highest BCUT2D eigenvalue weighted by atomic mass is 19.4. The molecule has 0 saturated carbocycles. The third kappa shape index (κ3) is 2.11. The Hall–Kier alpha value is -1.82. The quantitative estimate of drug-likeness (QED) is 0.898. The van der Waals surface area contributed by atoms with Crippen molar-refractivity contribution in [2.24, 2.45) is 5.73 Å². The van der Waals surface area contributed by atoms with Crippen LogP contribution in [0.3, 0.4) is 0 Å². The van der Waals surface area contributed by atoms with Gasteiger partial charge in [-0.3, -0.25) is 0 Å². The minimum absolute atomic E-state index is 0.0361. The average molecular weight is 256 g/mol. The molecule has 0 saturated heterocycles. The lowest BCUT2D eigenvalue weighted by Crippen LogP contribution is -2.08.